The first-order chi connectivity index (χ1) is 10.0. The molecule has 0 saturated heterocycles. The molecule has 0 amide bonds. The van der Waals surface area contributed by atoms with Crippen molar-refractivity contribution in [3.05, 3.63) is 24.3 Å². The molecule has 0 aromatic carbocycles. The van der Waals surface area contributed by atoms with Gasteiger partial charge in [-0.05, 0) is 13.8 Å². The monoisotopic (exact) mass is 292 g/mol. The molecular formula is C12H16N6O3. The van der Waals surface area contributed by atoms with Crippen LogP contribution in [0.2, 0.25) is 0 Å². The van der Waals surface area contributed by atoms with E-state index in [1.165, 1.54) is 17.2 Å². The number of hydrogen-bond acceptors (Lipinski definition) is 7. The lowest BCUT2D eigenvalue weighted by Crippen LogP contribution is -2.13. The second kappa shape index (κ2) is 6.64. The molecule has 0 radical (unpaired) electrons. The highest BCUT2D eigenvalue weighted by Crippen LogP contribution is 2.12. The first-order valence-corrected chi connectivity index (χ1v) is 6.40. The lowest BCUT2D eigenvalue weighted by molar-refractivity contribution is 0.0690. The van der Waals surface area contributed by atoms with Crippen LogP contribution < -0.4 is 10.1 Å². The highest BCUT2D eigenvalue weighted by Gasteiger charge is 2.07. The summed E-state index contributed by atoms with van der Waals surface area (Å²) >= 11 is 0. The van der Waals surface area contributed by atoms with Crippen molar-refractivity contribution in [3.63, 3.8) is 0 Å². The third-order valence-corrected chi connectivity index (χ3v) is 2.40. The van der Waals surface area contributed by atoms with Crippen LogP contribution >= 0.6 is 0 Å². The third-order valence-electron chi connectivity index (χ3n) is 2.40. The molecule has 21 heavy (non-hydrogen) atoms. The molecule has 2 aromatic rings. The number of carboxylic acid groups (broad SMARTS) is 1. The summed E-state index contributed by atoms with van der Waals surface area (Å²) < 4.78 is 6.91. The van der Waals surface area contributed by atoms with Crippen LogP contribution in [-0.2, 0) is 6.54 Å². The van der Waals surface area contributed by atoms with E-state index in [2.05, 4.69) is 25.6 Å². The molecule has 9 nitrogen and oxygen atoms in total. The van der Waals surface area contributed by atoms with E-state index in [1.807, 2.05) is 13.8 Å². The number of aromatic nitrogens is 5. The maximum atomic E-state index is 10.7. The van der Waals surface area contributed by atoms with Gasteiger partial charge in [0.2, 0.25) is 5.88 Å². The van der Waals surface area contributed by atoms with E-state index in [9.17, 15) is 4.79 Å². The molecule has 0 unspecified atom stereocenters. The smallest absolute Gasteiger partial charge is 0.358 e. The lowest BCUT2D eigenvalue weighted by atomic mass is 10.4. The van der Waals surface area contributed by atoms with Gasteiger partial charge >= 0.3 is 5.97 Å². The molecule has 2 heterocycles. The number of carboxylic acids is 1. The second-order valence-electron chi connectivity index (χ2n) is 4.51. The average molecular weight is 292 g/mol. The Balaban J connectivity index is 1.86. The SMILES string of the molecule is CC(C)Oc1cc(NCCn2cc(C(=O)O)nn2)ncn1. The molecule has 0 saturated carbocycles. The fourth-order valence-electron chi connectivity index (χ4n) is 1.55. The Kier molecular flexibility index (Phi) is 4.64. The highest BCUT2D eigenvalue weighted by molar-refractivity contribution is 5.84. The van der Waals surface area contributed by atoms with Gasteiger partial charge in [-0.2, -0.15) is 0 Å². The minimum atomic E-state index is -1.10. The topological polar surface area (TPSA) is 115 Å². The fraction of sp³-hybridized carbons (Fsp3) is 0.417. The molecule has 2 aromatic heterocycles. The number of ether oxygens (including phenoxy) is 1. The Labute approximate surface area is 121 Å². The number of hydrogen-bond donors (Lipinski definition) is 2. The summed E-state index contributed by atoms with van der Waals surface area (Å²) in [6, 6.07) is 1.70. The van der Waals surface area contributed by atoms with Crippen LogP contribution in [0, 0.1) is 0 Å². The van der Waals surface area contributed by atoms with Gasteiger partial charge in [-0.15, -0.1) is 5.10 Å². The van der Waals surface area contributed by atoms with Crippen molar-refractivity contribution in [3.8, 4) is 5.88 Å². The van der Waals surface area contributed by atoms with Gasteiger partial charge in [-0.1, -0.05) is 5.21 Å². The molecule has 0 aliphatic rings. The van der Waals surface area contributed by atoms with E-state index in [0.29, 0.717) is 24.8 Å². The van der Waals surface area contributed by atoms with Crippen LogP contribution in [0.25, 0.3) is 0 Å². The summed E-state index contributed by atoms with van der Waals surface area (Å²) in [5, 5.41) is 19.1. The number of anilines is 1. The average Bonchev–Trinajstić information content (AvgIpc) is 2.87. The predicted octanol–water partition coefficient (Wildman–Crippen LogP) is 0.666. The number of nitrogens with zero attached hydrogens (tertiary/aromatic N) is 5. The number of nitrogens with one attached hydrogen (secondary N) is 1. The van der Waals surface area contributed by atoms with Crippen molar-refractivity contribution < 1.29 is 14.6 Å². The number of carbonyl (C=O) groups is 1. The van der Waals surface area contributed by atoms with Gasteiger partial charge in [0.05, 0.1) is 18.8 Å². The van der Waals surface area contributed by atoms with Crippen molar-refractivity contribution in [2.75, 3.05) is 11.9 Å². The summed E-state index contributed by atoms with van der Waals surface area (Å²) in [7, 11) is 0. The first-order valence-electron chi connectivity index (χ1n) is 6.40. The van der Waals surface area contributed by atoms with Crippen LogP contribution in [0.1, 0.15) is 24.3 Å². The third kappa shape index (κ3) is 4.41. The zero-order chi connectivity index (χ0) is 15.2. The molecule has 0 bridgehead atoms. The van der Waals surface area contributed by atoms with E-state index in [0.717, 1.165) is 0 Å². The molecule has 9 heteroatoms. The van der Waals surface area contributed by atoms with Crippen molar-refractivity contribution in [1.82, 2.24) is 25.0 Å². The molecule has 0 atom stereocenters. The Morgan fingerprint density at radius 2 is 2.29 bits per heavy atom. The summed E-state index contributed by atoms with van der Waals surface area (Å²) in [6.07, 6.45) is 2.83. The number of aromatic carboxylic acids is 1. The summed E-state index contributed by atoms with van der Waals surface area (Å²) in [5.74, 6) is 0.0242. The van der Waals surface area contributed by atoms with Gasteiger partial charge in [0.25, 0.3) is 0 Å². The maximum absolute atomic E-state index is 10.7. The van der Waals surface area contributed by atoms with Crippen molar-refractivity contribution in [2.45, 2.75) is 26.5 Å². The number of rotatable bonds is 7. The van der Waals surface area contributed by atoms with Crippen LogP contribution in [-0.4, -0.2) is 48.7 Å². The minimum Gasteiger partial charge on any atom is -0.476 e. The van der Waals surface area contributed by atoms with Crippen LogP contribution in [0.5, 0.6) is 5.88 Å². The van der Waals surface area contributed by atoms with Gasteiger partial charge in [-0.25, -0.2) is 19.4 Å². The normalized spacial score (nSPS) is 10.6. The van der Waals surface area contributed by atoms with E-state index in [4.69, 9.17) is 9.84 Å². The molecular weight excluding hydrogens is 276 g/mol. The lowest BCUT2D eigenvalue weighted by Gasteiger charge is -2.10. The Morgan fingerprint density at radius 1 is 1.48 bits per heavy atom. The molecule has 112 valence electrons. The molecule has 2 N–H and O–H groups in total. The van der Waals surface area contributed by atoms with Crippen molar-refractivity contribution in [1.29, 1.82) is 0 Å². The first kappa shape index (κ1) is 14.7. The summed E-state index contributed by atoms with van der Waals surface area (Å²) in [4.78, 5) is 18.7. The van der Waals surface area contributed by atoms with E-state index < -0.39 is 5.97 Å². The molecule has 0 spiro atoms. The maximum Gasteiger partial charge on any atom is 0.358 e. The highest BCUT2D eigenvalue weighted by atomic mass is 16.5. The Morgan fingerprint density at radius 3 is 2.95 bits per heavy atom. The van der Waals surface area contributed by atoms with Crippen LogP contribution in [0.3, 0.4) is 0 Å². The summed E-state index contributed by atoms with van der Waals surface area (Å²) in [5.41, 5.74) is -0.0790. The molecule has 0 fully saturated rings. The molecule has 0 aliphatic carbocycles. The predicted molar refractivity (Wildman–Crippen MR) is 73.3 cm³/mol. The largest absolute Gasteiger partial charge is 0.476 e. The van der Waals surface area contributed by atoms with Gasteiger partial charge in [0.1, 0.15) is 12.1 Å². The van der Waals surface area contributed by atoms with Gasteiger partial charge in [-0.3, -0.25) is 0 Å². The van der Waals surface area contributed by atoms with E-state index in [-0.39, 0.29) is 11.8 Å². The molecule has 0 aliphatic heterocycles. The van der Waals surface area contributed by atoms with Crippen molar-refractivity contribution >= 4 is 11.8 Å². The zero-order valence-electron chi connectivity index (χ0n) is 11.7. The van der Waals surface area contributed by atoms with Gasteiger partial charge in [0, 0.05) is 12.6 Å². The van der Waals surface area contributed by atoms with Crippen LogP contribution in [0.4, 0.5) is 5.82 Å². The Hall–Kier alpha value is -2.71. The quantitative estimate of drug-likeness (QED) is 0.765. The second-order valence-corrected chi connectivity index (χ2v) is 4.51. The Bertz CT molecular complexity index is 613. The van der Waals surface area contributed by atoms with Gasteiger partial charge in [0.15, 0.2) is 5.69 Å². The van der Waals surface area contributed by atoms with E-state index in [1.54, 1.807) is 6.07 Å². The van der Waals surface area contributed by atoms with Crippen LogP contribution in [0.15, 0.2) is 18.6 Å². The van der Waals surface area contributed by atoms with Gasteiger partial charge < -0.3 is 15.2 Å². The zero-order valence-corrected chi connectivity index (χ0v) is 11.7. The fourth-order valence-corrected chi connectivity index (χ4v) is 1.55. The molecule has 2 rings (SSSR count). The summed E-state index contributed by atoms with van der Waals surface area (Å²) in [6.45, 7) is 4.81. The minimum absolute atomic E-state index is 0.0392. The van der Waals surface area contributed by atoms with E-state index >= 15 is 0 Å². The standard InChI is InChI=1S/C12H16N6O3/c1-8(2)21-11-5-10(14-7-15-11)13-3-4-18-6-9(12(19)20)16-17-18/h5-8H,3-4H2,1-2H3,(H,19,20)(H,13,14,15). The van der Waals surface area contributed by atoms with Crippen molar-refractivity contribution in [2.24, 2.45) is 0 Å².